The highest BCUT2D eigenvalue weighted by atomic mass is 16.4. The van der Waals surface area contributed by atoms with Gasteiger partial charge in [-0.3, -0.25) is 0 Å². The number of hydrogen-bond donors (Lipinski definition) is 1. The van der Waals surface area contributed by atoms with E-state index >= 15 is 0 Å². The molecule has 0 radical (unpaired) electrons. The van der Waals surface area contributed by atoms with Gasteiger partial charge in [0.2, 0.25) is 11.8 Å². The first-order valence-electron chi connectivity index (χ1n) is 5.78. The zero-order chi connectivity index (χ0) is 10.7. The zero-order valence-electron chi connectivity index (χ0n) is 9.49. The Morgan fingerprint density at radius 2 is 2.07 bits per heavy atom. The summed E-state index contributed by atoms with van der Waals surface area (Å²) in [6.07, 6.45) is 4.97. The van der Waals surface area contributed by atoms with Gasteiger partial charge in [0, 0.05) is 12.5 Å². The van der Waals surface area contributed by atoms with E-state index in [2.05, 4.69) is 29.4 Å². The Hall–Kier alpha value is -0.900. The normalized spacial score (nSPS) is 17.0. The van der Waals surface area contributed by atoms with Crippen LogP contribution in [0.1, 0.15) is 44.9 Å². The highest BCUT2D eigenvalue weighted by Gasteiger charge is 2.20. The summed E-state index contributed by atoms with van der Waals surface area (Å²) in [5.74, 6) is 2.30. The highest BCUT2D eigenvalue weighted by molar-refractivity contribution is 4.86. The first-order chi connectivity index (χ1) is 7.24. The smallest absolute Gasteiger partial charge is 0.230 e. The van der Waals surface area contributed by atoms with E-state index in [9.17, 15) is 0 Å². The third-order valence-corrected chi connectivity index (χ3v) is 2.86. The molecule has 0 bridgehead atoms. The molecule has 4 heteroatoms. The molecule has 1 heterocycles. The molecule has 84 valence electrons. The van der Waals surface area contributed by atoms with Crippen molar-refractivity contribution in [3.63, 3.8) is 0 Å². The fraction of sp³-hybridized carbons (Fsp3) is 0.818. The van der Waals surface area contributed by atoms with Crippen LogP contribution in [0.25, 0.3) is 0 Å². The van der Waals surface area contributed by atoms with E-state index in [0.29, 0.717) is 18.5 Å². The summed E-state index contributed by atoms with van der Waals surface area (Å²) in [6.45, 7) is 4.88. The molecule has 1 N–H and O–H groups in total. The van der Waals surface area contributed by atoms with Crippen molar-refractivity contribution in [3.8, 4) is 0 Å². The highest BCUT2D eigenvalue weighted by Crippen LogP contribution is 2.29. The molecule has 0 atom stereocenters. The van der Waals surface area contributed by atoms with Crippen LogP contribution in [-0.4, -0.2) is 16.2 Å². The number of aromatic nitrogens is 2. The maximum atomic E-state index is 5.56. The predicted octanol–water partition coefficient (Wildman–Crippen LogP) is 1.91. The molecule has 0 amide bonds. The fourth-order valence-corrected chi connectivity index (χ4v) is 1.68. The van der Waals surface area contributed by atoms with Crippen LogP contribution in [0.4, 0.5) is 0 Å². The lowest BCUT2D eigenvalue weighted by molar-refractivity contribution is 0.285. The number of nitrogens with zero attached hydrogens (tertiary/aromatic N) is 2. The predicted molar refractivity (Wildman–Crippen MR) is 57.3 cm³/mol. The van der Waals surface area contributed by atoms with E-state index in [-0.39, 0.29) is 0 Å². The van der Waals surface area contributed by atoms with E-state index in [1.54, 1.807) is 0 Å². The summed E-state index contributed by atoms with van der Waals surface area (Å²) >= 11 is 0. The SMILES string of the molecule is CC(C)NCc1nnc(CC2CCC2)o1. The van der Waals surface area contributed by atoms with Crippen molar-refractivity contribution in [2.24, 2.45) is 5.92 Å². The minimum Gasteiger partial charge on any atom is -0.424 e. The summed E-state index contributed by atoms with van der Waals surface area (Å²) in [5.41, 5.74) is 0. The molecule has 15 heavy (non-hydrogen) atoms. The van der Waals surface area contributed by atoms with Crippen molar-refractivity contribution in [3.05, 3.63) is 11.8 Å². The fourth-order valence-electron chi connectivity index (χ4n) is 1.68. The number of rotatable bonds is 5. The van der Waals surface area contributed by atoms with Gasteiger partial charge in [-0.1, -0.05) is 20.3 Å². The molecule has 1 fully saturated rings. The minimum atomic E-state index is 0.451. The number of hydrogen-bond acceptors (Lipinski definition) is 4. The van der Waals surface area contributed by atoms with Crippen LogP contribution >= 0.6 is 0 Å². The molecule has 1 aliphatic rings. The molecule has 0 aromatic carbocycles. The standard InChI is InChI=1S/C11H19N3O/c1-8(2)12-7-11-14-13-10(15-11)6-9-4-3-5-9/h8-9,12H,3-7H2,1-2H3. The van der Waals surface area contributed by atoms with E-state index in [0.717, 1.165) is 18.2 Å². The third-order valence-electron chi connectivity index (χ3n) is 2.86. The van der Waals surface area contributed by atoms with Crippen LogP contribution in [0.15, 0.2) is 4.42 Å². The molecule has 0 saturated heterocycles. The maximum Gasteiger partial charge on any atom is 0.230 e. The molecule has 4 nitrogen and oxygen atoms in total. The Bertz CT molecular complexity index is 305. The molecule has 1 aromatic rings. The van der Waals surface area contributed by atoms with E-state index in [1.807, 2.05) is 0 Å². The Kier molecular flexibility index (Phi) is 3.36. The van der Waals surface area contributed by atoms with Gasteiger partial charge >= 0.3 is 0 Å². The molecule has 1 aliphatic carbocycles. The lowest BCUT2D eigenvalue weighted by Gasteiger charge is -2.23. The Morgan fingerprint density at radius 3 is 2.67 bits per heavy atom. The van der Waals surface area contributed by atoms with Crippen LogP contribution < -0.4 is 5.32 Å². The average Bonchev–Trinajstić information content (AvgIpc) is 2.56. The molecule has 0 unspecified atom stereocenters. The second-order valence-corrected chi connectivity index (χ2v) is 4.63. The Balaban J connectivity index is 1.80. The van der Waals surface area contributed by atoms with Gasteiger partial charge < -0.3 is 9.73 Å². The second-order valence-electron chi connectivity index (χ2n) is 4.63. The molecule has 1 aromatic heterocycles. The van der Waals surface area contributed by atoms with Gasteiger partial charge in [-0.2, -0.15) is 0 Å². The van der Waals surface area contributed by atoms with Crippen molar-refractivity contribution in [2.45, 2.75) is 52.1 Å². The van der Waals surface area contributed by atoms with E-state index in [1.165, 1.54) is 19.3 Å². The lowest BCUT2D eigenvalue weighted by atomic mass is 9.83. The molecular weight excluding hydrogens is 190 g/mol. The topological polar surface area (TPSA) is 51.0 Å². The van der Waals surface area contributed by atoms with Crippen LogP contribution in [-0.2, 0) is 13.0 Å². The van der Waals surface area contributed by atoms with Crippen LogP contribution in [0.3, 0.4) is 0 Å². The second kappa shape index (κ2) is 4.75. The van der Waals surface area contributed by atoms with Crippen molar-refractivity contribution in [2.75, 3.05) is 0 Å². The largest absolute Gasteiger partial charge is 0.424 e. The van der Waals surface area contributed by atoms with Crippen molar-refractivity contribution >= 4 is 0 Å². The van der Waals surface area contributed by atoms with Gasteiger partial charge in [0.25, 0.3) is 0 Å². The molecule has 2 rings (SSSR count). The number of nitrogens with one attached hydrogen (secondary N) is 1. The van der Waals surface area contributed by atoms with Gasteiger partial charge in [-0.15, -0.1) is 10.2 Å². The molecule has 1 saturated carbocycles. The van der Waals surface area contributed by atoms with Crippen LogP contribution in [0, 0.1) is 5.92 Å². The zero-order valence-corrected chi connectivity index (χ0v) is 9.49. The molecule has 0 spiro atoms. The van der Waals surface area contributed by atoms with Gasteiger partial charge in [-0.05, 0) is 18.8 Å². The quantitative estimate of drug-likeness (QED) is 0.804. The monoisotopic (exact) mass is 209 g/mol. The average molecular weight is 209 g/mol. The van der Waals surface area contributed by atoms with Crippen molar-refractivity contribution < 1.29 is 4.42 Å². The molecule has 0 aliphatic heterocycles. The Labute approximate surface area is 90.5 Å². The van der Waals surface area contributed by atoms with Crippen LogP contribution in [0.5, 0.6) is 0 Å². The van der Waals surface area contributed by atoms with E-state index in [4.69, 9.17) is 4.42 Å². The van der Waals surface area contributed by atoms with E-state index < -0.39 is 0 Å². The summed E-state index contributed by atoms with van der Waals surface area (Å²) in [5, 5.41) is 11.3. The first kappa shape index (κ1) is 10.6. The van der Waals surface area contributed by atoms with Gasteiger partial charge in [0.1, 0.15) is 0 Å². The van der Waals surface area contributed by atoms with Gasteiger partial charge in [0.05, 0.1) is 6.54 Å². The van der Waals surface area contributed by atoms with Gasteiger partial charge in [0.15, 0.2) is 0 Å². The lowest BCUT2D eigenvalue weighted by Crippen LogP contribution is -2.21. The van der Waals surface area contributed by atoms with Gasteiger partial charge in [-0.25, -0.2) is 0 Å². The Morgan fingerprint density at radius 1 is 1.33 bits per heavy atom. The summed E-state index contributed by atoms with van der Waals surface area (Å²) < 4.78 is 5.56. The van der Waals surface area contributed by atoms with Crippen molar-refractivity contribution in [1.29, 1.82) is 0 Å². The third kappa shape index (κ3) is 3.02. The summed E-state index contributed by atoms with van der Waals surface area (Å²) in [4.78, 5) is 0. The first-order valence-corrected chi connectivity index (χ1v) is 5.78. The van der Waals surface area contributed by atoms with Crippen molar-refractivity contribution in [1.82, 2.24) is 15.5 Å². The summed E-state index contributed by atoms with van der Waals surface area (Å²) in [7, 11) is 0. The minimum absolute atomic E-state index is 0.451. The van der Waals surface area contributed by atoms with Crippen LogP contribution in [0.2, 0.25) is 0 Å². The molecular formula is C11H19N3O. The maximum absolute atomic E-state index is 5.56. The summed E-state index contributed by atoms with van der Waals surface area (Å²) in [6, 6.07) is 0.451.